The molecule has 0 atom stereocenters. The SMILES string of the molecule is CN(CCO)c1n[nH]c2ccc(-c3nc4ccc5[nH]ncc5c4c4c3CCCC4)cc12. The summed E-state index contributed by atoms with van der Waals surface area (Å²) in [5, 5.41) is 27.7. The lowest BCUT2D eigenvalue weighted by Crippen LogP contribution is -2.21. The van der Waals surface area contributed by atoms with Gasteiger partial charge in [0.05, 0.1) is 35.0 Å². The fourth-order valence-corrected chi connectivity index (χ4v) is 4.98. The van der Waals surface area contributed by atoms with E-state index in [1.165, 1.54) is 29.4 Å². The number of aromatic nitrogens is 5. The Labute approximate surface area is 179 Å². The Morgan fingerprint density at radius 1 is 1.00 bits per heavy atom. The molecule has 0 radical (unpaired) electrons. The van der Waals surface area contributed by atoms with Crippen LogP contribution in [-0.2, 0) is 12.8 Å². The number of aliphatic hydroxyl groups excluding tert-OH is 1. The van der Waals surface area contributed by atoms with Crippen LogP contribution in [-0.4, -0.2) is 50.7 Å². The predicted molar refractivity (Wildman–Crippen MR) is 123 cm³/mol. The van der Waals surface area contributed by atoms with E-state index in [4.69, 9.17) is 4.98 Å². The molecular weight excluding hydrogens is 388 g/mol. The van der Waals surface area contributed by atoms with Crippen LogP contribution in [0.1, 0.15) is 24.0 Å². The molecule has 1 aliphatic rings. The highest BCUT2D eigenvalue weighted by molar-refractivity contribution is 6.08. The molecule has 3 heterocycles. The first kappa shape index (κ1) is 18.3. The van der Waals surface area contributed by atoms with Gasteiger partial charge in [-0.2, -0.15) is 10.2 Å². The van der Waals surface area contributed by atoms with Crippen LogP contribution in [0.2, 0.25) is 0 Å². The summed E-state index contributed by atoms with van der Waals surface area (Å²) < 4.78 is 0. The van der Waals surface area contributed by atoms with Gasteiger partial charge in [-0.15, -0.1) is 0 Å². The Kier molecular flexibility index (Phi) is 4.17. The maximum atomic E-state index is 9.34. The van der Waals surface area contributed by atoms with Crippen LogP contribution in [0, 0.1) is 0 Å². The number of likely N-dealkylation sites (N-methyl/N-ethyl adjacent to an activating group) is 1. The van der Waals surface area contributed by atoms with Crippen molar-refractivity contribution in [1.29, 1.82) is 0 Å². The number of nitrogens with zero attached hydrogens (tertiary/aromatic N) is 4. The third-order valence-electron chi connectivity index (χ3n) is 6.50. The number of pyridine rings is 1. The van der Waals surface area contributed by atoms with Crippen molar-refractivity contribution >= 4 is 38.5 Å². The Morgan fingerprint density at radius 3 is 2.68 bits per heavy atom. The zero-order valence-corrected chi connectivity index (χ0v) is 17.4. The van der Waals surface area contributed by atoms with Crippen molar-refractivity contribution in [1.82, 2.24) is 25.4 Å². The number of fused-ring (bicyclic) bond motifs is 6. The molecule has 7 nitrogen and oxygen atoms in total. The van der Waals surface area contributed by atoms with Gasteiger partial charge in [-0.25, -0.2) is 4.98 Å². The molecule has 5 aromatic rings. The highest BCUT2D eigenvalue weighted by Gasteiger charge is 2.22. The molecule has 3 aromatic heterocycles. The van der Waals surface area contributed by atoms with E-state index in [0.29, 0.717) is 6.54 Å². The first-order valence-corrected chi connectivity index (χ1v) is 10.8. The highest BCUT2D eigenvalue weighted by atomic mass is 16.3. The number of hydrogen-bond donors (Lipinski definition) is 3. The fourth-order valence-electron chi connectivity index (χ4n) is 4.98. The maximum Gasteiger partial charge on any atom is 0.158 e. The minimum atomic E-state index is 0.0900. The molecule has 0 saturated heterocycles. The van der Waals surface area contributed by atoms with E-state index in [2.05, 4.69) is 50.7 Å². The summed E-state index contributed by atoms with van der Waals surface area (Å²) in [7, 11) is 1.95. The minimum Gasteiger partial charge on any atom is -0.395 e. The van der Waals surface area contributed by atoms with Crippen molar-refractivity contribution in [2.45, 2.75) is 25.7 Å². The van der Waals surface area contributed by atoms with Gasteiger partial charge in [0, 0.05) is 35.3 Å². The normalized spacial score (nSPS) is 13.9. The van der Waals surface area contributed by atoms with Crippen LogP contribution in [0.3, 0.4) is 0 Å². The van der Waals surface area contributed by atoms with Crippen molar-refractivity contribution in [3.05, 3.63) is 47.7 Å². The molecule has 156 valence electrons. The summed E-state index contributed by atoms with van der Waals surface area (Å²) >= 11 is 0. The zero-order valence-electron chi connectivity index (χ0n) is 17.4. The van der Waals surface area contributed by atoms with E-state index in [9.17, 15) is 5.11 Å². The van der Waals surface area contributed by atoms with Gasteiger partial charge in [0.15, 0.2) is 5.82 Å². The predicted octanol–water partition coefficient (Wildman–Crippen LogP) is 3.96. The van der Waals surface area contributed by atoms with Crippen molar-refractivity contribution in [2.24, 2.45) is 0 Å². The maximum absolute atomic E-state index is 9.34. The smallest absolute Gasteiger partial charge is 0.158 e. The van der Waals surface area contributed by atoms with E-state index in [1.54, 1.807) is 0 Å². The third kappa shape index (κ3) is 2.80. The lowest BCUT2D eigenvalue weighted by molar-refractivity contribution is 0.304. The van der Waals surface area contributed by atoms with E-state index < -0.39 is 0 Å². The number of nitrogens with one attached hydrogen (secondary N) is 2. The molecule has 1 aliphatic carbocycles. The van der Waals surface area contributed by atoms with Gasteiger partial charge in [0.1, 0.15) is 0 Å². The van der Waals surface area contributed by atoms with Gasteiger partial charge in [-0.05, 0) is 61.1 Å². The highest BCUT2D eigenvalue weighted by Crippen LogP contribution is 2.39. The molecule has 0 aliphatic heterocycles. The number of hydrogen-bond acceptors (Lipinski definition) is 5. The molecule has 0 bridgehead atoms. The summed E-state index contributed by atoms with van der Waals surface area (Å²) in [6.07, 6.45) is 6.44. The standard InChI is InChI=1S/C24H24N6O/c1-30(10-11-31)24-17-12-14(6-7-19(17)28-29-24)23-16-5-3-2-4-15(16)22-18-13-25-27-20(18)8-9-21(22)26-23/h6-9,12-13,31H,2-5,10-11H2,1H3,(H,25,27)(H,28,29). The van der Waals surface area contributed by atoms with E-state index in [1.807, 2.05) is 18.1 Å². The van der Waals surface area contributed by atoms with E-state index in [-0.39, 0.29) is 6.61 Å². The summed E-state index contributed by atoms with van der Waals surface area (Å²) in [6, 6.07) is 10.6. The fraction of sp³-hybridized carbons (Fsp3) is 0.292. The van der Waals surface area contributed by atoms with Crippen LogP contribution in [0.15, 0.2) is 36.5 Å². The average Bonchev–Trinajstić information content (AvgIpc) is 3.45. The molecule has 0 unspecified atom stereocenters. The molecule has 0 fully saturated rings. The van der Waals surface area contributed by atoms with Gasteiger partial charge in [0.25, 0.3) is 0 Å². The van der Waals surface area contributed by atoms with Gasteiger partial charge in [0.2, 0.25) is 0 Å². The minimum absolute atomic E-state index is 0.0900. The summed E-state index contributed by atoms with van der Waals surface area (Å²) in [5.74, 6) is 0.848. The van der Waals surface area contributed by atoms with Gasteiger partial charge in [-0.3, -0.25) is 10.2 Å². The van der Waals surface area contributed by atoms with E-state index in [0.717, 1.165) is 57.2 Å². The second-order valence-corrected chi connectivity index (χ2v) is 8.37. The largest absolute Gasteiger partial charge is 0.395 e. The van der Waals surface area contributed by atoms with Crippen LogP contribution in [0.5, 0.6) is 0 Å². The first-order chi connectivity index (χ1) is 15.2. The first-order valence-electron chi connectivity index (χ1n) is 10.8. The lowest BCUT2D eigenvalue weighted by atomic mass is 9.85. The number of H-pyrrole nitrogens is 2. The number of aryl methyl sites for hydroxylation is 1. The Hall–Kier alpha value is -3.45. The Morgan fingerprint density at radius 2 is 1.81 bits per heavy atom. The van der Waals surface area contributed by atoms with Gasteiger partial charge < -0.3 is 10.0 Å². The number of aliphatic hydroxyl groups is 1. The Bertz CT molecular complexity index is 1430. The quantitative estimate of drug-likeness (QED) is 0.415. The number of aromatic amines is 2. The Balaban J connectivity index is 1.60. The van der Waals surface area contributed by atoms with Crippen LogP contribution >= 0.6 is 0 Å². The average molecular weight is 412 g/mol. The molecule has 6 rings (SSSR count). The summed E-state index contributed by atoms with van der Waals surface area (Å²) in [5.41, 5.74) is 8.03. The van der Waals surface area contributed by atoms with Crippen molar-refractivity contribution in [3.63, 3.8) is 0 Å². The third-order valence-corrected chi connectivity index (χ3v) is 6.50. The van der Waals surface area contributed by atoms with Crippen LogP contribution in [0.4, 0.5) is 5.82 Å². The molecule has 31 heavy (non-hydrogen) atoms. The lowest BCUT2D eigenvalue weighted by Gasteiger charge is -2.22. The van der Waals surface area contributed by atoms with Crippen molar-refractivity contribution in [2.75, 3.05) is 25.1 Å². The van der Waals surface area contributed by atoms with E-state index >= 15 is 0 Å². The molecule has 0 amide bonds. The van der Waals surface area contributed by atoms with Crippen LogP contribution < -0.4 is 4.90 Å². The molecular formula is C24H24N6O. The van der Waals surface area contributed by atoms with Crippen molar-refractivity contribution < 1.29 is 5.11 Å². The number of benzene rings is 2. The topological polar surface area (TPSA) is 93.7 Å². The number of rotatable bonds is 4. The molecule has 0 spiro atoms. The summed E-state index contributed by atoms with van der Waals surface area (Å²) in [6.45, 7) is 0.626. The molecule has 2 aromatic carbocycles. The second-order valence-electron chi connectivity index (χ2n) is 8.37. The number of anilines is 1. The molecule has 0 saturated carbocycles. The van der Waals surface area contributed by atoms with Gasteiger partial charge >= 0.3 is 0 Å². The molecule has 7 heteroatoms. The molecule has 3 N–H and O–H groups in total. The second kappa shape index (κ2) is 7.06. The monoisotopic (exact) mass is 412 g/mol. The zero-order chi connectivity index (χ0) is 20.9. The van der Waals surface area contributed by atoms with Crippen molar-refractivity contribution in [3.8, 4) is 11.3 Å². The van der Waals surface area contributed by atoms with Gasteiger partial charge in [-0.1, -0.05) is 6.07 Å². The summed E-state index contributed by atoms with van der Waals surface area (Å²) in [4.78, 5) is 7.14. The van der Waals surface area contributed by atoms with Crippen LogP contribution in [0.25, 0.3) is 44.0 Å².